The van der Waals surface area contributed by atoms with Crippen LogP contribution in [-0.2, 0) is 10.4 Å². The lowest BCUT2D eigenvalue weighted by Gasteiger charge is -2.23. The van der Waals surface area contributed by atoms with E-state index in [0.29, 0.717) is 16.8 Å². The Morgan fingerprint density at radius 1 is 0.969 bits per heavy atom. The molecule has 0 saturated heterocycles. The van der Waals surface area contributed by atoms with Gasteiger partial charge in [-0.1, -0.05) is 54.1 Å². The maximum absolute atomic E-state index is 13.4. The first-order valence-electron chi connectivity index (χ1n) is 10.7. The number of hydrogen-bond donors (Lipinski definition) is 1. The van der Waals surface area contributed by atoms with Crippen LogP contribution in [0.2, 0.25) is 0 Å². The fourth-order valence-corrected chi connectivity index (χ4v) is 4.31. The second kappa shape index (κ2) is 8.60. The van der Waals surface area contributed by atoms with Crippen LogP contribution in [0.3, 0.4) is 0 Å². The molecule has 0 bridgehead atoms. The summed E-state index contributed by atoms with van der Waals surface area (Å²) in [4.78, 5) is 27.9. The Hall–Kier alpha value is -3.44. The molecule has 0 fully saturated rings. The quantitative estimate of drug-likeness (QED) is 0.562. The van der Waals surface area contributed by atoms with Crippen LogP contribution in [-0.4, -0.2) is 29.9 Å². The third kappa shape index (κ3) is 4.04. The average molecular weight is 430 g/mol. The molecule has 0 spiro atoms. The Balaban J connectivity index is 1.55. The number of rotatable bonds is 7. The molecule has 5 nitrogen and oxygen atoms in total. The van der Waals surface area contributed by atoms with Gasteiger partial charge in [0.05, 0.1) is 18.7 Å². The number of hydrogen-bond acceptors (Lipinski definition) is 4. The van der Waals surface area contributed by atoms with Gasteiger partial charge < -0.3 is 14.7 Å². The lowest BCUT2D eigenvalue weighted by molar-refractivity contribution is -0.135. The van der Waals surface area contributed by atoms with E-state index in [1.165, 1.54) is 4.90 Å². The summed E-state index contributed by atoms with van der Waals surface area (Å²) < 4.78 is 5.82. The number of Topliss-reactive ketones (excluding diaryl/α,β-unsaturated/α-hetero) is 1. The summed E-state index contributed by atoms with van der Waals surface area (Å²) in [5.74, 6) is -0.0270. The number of benzene rings is 3. The van der Waals surface area contributed by atoms with E-state index in [0.717, 1.165) is 22.4 Å². The van der Waals surface area contributed by atoms with Crippen LogP contribution in [0.1, 0.15) is 39.0 Å². The first-order chi connectivity index (χ1) is 15.3. The van der Waals surface area contributed by atoms with Gasteiger partial charge in [0.2, 0.25) is 0 Å². The van der Waals surface area contributed by atoms with Gasteiger partial charge in [-0.15, -0.1) is 0 Å². The van der Waals surface area contributed by atoms with Crippen LogP contribution in [0, 0.1) is 20.8 Å². The van der Waals surface area contributed by atoms with Crippen molar-refractivity contribution in [3.8, 4) is 5.75 Å². The van der Waals surface area contributed by atoms with Crippen molar-refractivity contribution in [1.29, 1.82) is 0 Å². The molecule has 164 valence electrons. The van der Waals surface area contributed by atoms with Gasteiger partial charge in [-0.2, -0.15) is 0 Å². The molecule has 1 unspecified atom stereocenters. The topological polar surface area (TPSA) is 66.8 Å². The largest absolute Gasteiger partial charge is 0.492 e. The van der Waals surface area contributed by atoms with E-state index >= 15 is 0 Å². The van der Waals surface area contributed by atoms with E-state index in [4.69, 9.17) is 4.74 Å². The van der Waals surface area contributed by atoms with Crippen molar-refractivity contribution in [2.24, 2.45) is 0 Å². The molecular formula is C27H27NO4. The van der Waals surface area contributed by atoms with Crippen molar-refractivity contribution in [3.05, 3.63) is 94.5 Å². The maximum Gasteiger partial charge on any atom is 0.264 e. The van der Waals surface area contributed by atoms with Crippen molar-refractivity contribution >= 4 is 17.4 Å². The molecule has 1 atom stereocenters. The summed E-state index contributed by atoms with van der Waals surface area (Å²) in [5, 5.41) is 11.5. The Morgan fingerprint density at radius 3 is 2.47 bits per heavy atom. The Labute approximate surface area is 188 Å². The molecule has 1 heterocycles. The number of ether oxygens (including phenoxy) is 1. The fraction of sp³-hybridized carbons (Fsp3) is 0.259. The molecule has 32 heavy (non-hydrogen) atoms. The summed E-state index contributed by atoms with van der Waals surface area (Å²) in [5.41, 5.74) is 2.68. The van der Waals surface area contributed by atoms with Crippen molar-refractivity contribution in [3.63, 3.8) is 0 Å². The average Bonchev–Trinajstić information content (AvgIpc) is 2.95. The second-order valence-electron chi connectivity index (χ2n) is 8.42. The number of carbonyl (C=O) groups excluding carboxylic acids is 2. The van der Waals surface area contributed by atoms with E-state index in [-0.39, 0.29) is 25.4 Å². The molecule has 1 aliphatic heterocycles. The third-order valence-electron chi connectivity index (χ3n) is 5.91. The van der Waals surface area contributed by atoms with Gasteiger partial charge in [0.15, 0.2) is 11.4 Å². The summed E-state index contributed by atoms with van der Waals surface area (Å²) in [7, 11) is 0. The number of carbonyl (C=O) groups is 2. The van der Waals surface area contributed by atoms with E-state index in [1.54, 1.807) is 24.3 Å². The summed E-state index contributed by atoms with van der Waals surface area (Å²) >= 11 is 0. The van der Waals surface area contributed by atoms with Crippen LogP contribution in [0.25, 0.3) is 0 Å². The molecule has 1 aliphatic rings. The first kappa shape index (κ1) is 21.8. The Bertz CT molecular complexity index is 1190. The molecule has 5 heteroatoms. The van der Waals surface area contributed by atoms with E-state index in [1.807, 2.05) is 63.2 Å². The molecular weight excluding hydrogens is 402 g/mol. The molecule has 0 aromatic heterocycles. The molecule has 0 radical (unpaired) electrons. The van der Waals surface area contributed by atoms with Gasteiger partial charge in [-0.3, -0.25) is 9.59 Å². The zero-order chi connectivity index (χ0) is 22.9. The SMILES string of the molecule is Cc1cccc(OCCN2C(=O)C(O)(CC(=O)c3ccc(C)cc3C)c3ccccc32)c1. The minimum absolute atomic E-state index is 0.258. The van der Waals surface area contributed by atoms with Gasteiger partial charge in [0.25, 0.3) is 5.91 Å². The van der Waals surface area contributed by atoms with Gasteiger partial charge in [0.1, 0.15) is 12.4 Å². The summed E-state index contributed by atoms with van der Waals surface area (Å²) in [6, 6.07) is 20.3. The number of para-hydroxylation sites is 1. The molecule has 1 amide bonds. The van der Waals surface area contributed by atoms with Crippen LogP contribution in [0.5, 0.6) is 5.75 Å². The third-order valence-corrected chi connectivity index (χ3v) is 5.91. The number of aryl methyl sites for hydroxylation is 3. The number of ketones is 1. The molecule has 1 N–H and O–H groups in total. The lowest BCUT2D eigenvalue weighted by Crippen LogP contribution is -2.43. The van der Waals surface area contributed by atoms with Gasteiger partial charge >= 0.3 is 0 Å². The Kier molecular flexibility index (Phi) is 5.85. The highest BCUT2D eigenvalue weighted by Crippen LogP contribution is 2.42. The number of fused-ring (bicyclic) bond motifs is 1. The Morgan fingerprint density at radius 2 is 1.72 bits per heavy atom. The zero-order valence-corrected chi connectivity index (χ0v) is 18.6. The number of aliphatic hydroxyl groups is 1. The summed E-state index contributed by atoms with van der Waals surface area (Å²) in [6.07, 6.45) is -0.304. The summed E-state index contributed by atoms with van der Waals surface area (Å²) in [6.45, 7) is 6.35. The van der Waals surface area contributed by atoms with E-state index in [2.05, 4.69) is 0 Å². The fourth-order valence-electron chi connectivity index (χ4n) is 4.31. The van der Waals surface area contributed by atoms with Crippen LogP contribution in [0.4, 0.5) is 5.69 Å². The second-order valence-corrected chi connectivity index (χ2v) is 8.42. The number of anilines is 1. The minimum atomic E-state index is -1.89. The zero-order valence-electron chi connectivity index (χ0n) is 18.6. The normalized spacial score (nSPS) is 17.4. The number of nitrogens with zero attached hydrogens (tertiary/aromatic N) is 1. The highest BCUT2D eigenvalue weighted by molar-refractivity contribution is 6.11. The smallest absolute Gasteiger partial charge is 0.264 e. The van der Waals surface area contributed by atoms with Crippen LogP contribution >= 0.6 is 0 Å². The number of amides is 1. The molecule has 4 rings (SSSR count). The first-order valence-corrected chi connectivity index (χ1v) is 10.7. The van der Waals surface area contributed by atoms with Crippen LogP contribution in [0.15, 0.2) is 66.7 Å². The van der Waals surface area contributed by atoms with Crippen molar-refractivity contribution < 1.29 is 19.4 Å². The van der Waals surface area contributed by atoms with Crippen molar-refractivity contribution in [2.75, 3.05) is 18.1 Å². The van der Waals surface area contributed by atoms with Gasteiger partial charge in [-0.25, -0.2) is 0 Å². The lowest BCUT2D eigenvalue weighted by atomic mass is 9.87. The maximum atomic E-state index is 13.4. The van der Waals surface area contributed by atoms with E-state index in [9.17, 15) is 14.7 Å². The molecule has 3 aromatic carbocycles. The predicted molar refractivity (Wildman–Crippen MR) is 124 cm³/mol. The van der Waals surface area contributed by atoms with Crippen molar-refractivity contribution in [2.45, 2.75) is 32.8 Å². The minimum Gasteiger partial charge on any atom is -0.492 e. The molecule has 0 saturated carbocycles. The van der Waals surface area contributed by atoms with Crippen LogP contribution < -0.4 is 9.64 Å². The van der Waals surface area contributed by atoms with Gasteiger partial charge in [0, 0.05) is 11.1 Å². The highest BCUT2D eigenvalue weighted by Gasteiger charge is 2.50. The predicted octanol–water partition coefficient (Wildman–Crippen LogP) is 4.50. The van der Waals surface area contributed by atoms with Crippen molar-refractivity contribution in [1.82, 2.24) is 0 Å². The standard InChI is InChI=1S/C27H27NO4/c1-18-7-6-8-21(16-18)32-14-13-28-24-10-5-4-9-23(24)27(31,26(28)30)17-25(29)22-12-11-19(2)15-20(22)3/h4-12,15-16,31H,13-14,17H2,1-3H3. The monoisotopic (exact) mass is 429 g/mol. The highest BCUT2D eigenvalue weighted by atomic mass is 16.5. The van der Waals surface area contributed by atoms with E-state index < -0.39 is 11.5 Å². The molecule has 0 aliphatic carbocycles. The molecule has 3 aromatic rings. The van der Waals surface area contributed by atoms with Gasteiger partial charge in [-0.05, 0) is 50.1 Å².